The number of aliphatic carboxylic acids is 1. The van der Waals surface area contributed by atoms with Crippen molar-refractivity contribution in [3.63, 3.8) is 0 Å². The Bertz CT molecular complexity index is 575. The molecule has 0 aromatic heterocycles. The molecule has 12 nitrogen and oxygen atoms in total. The summed E-state index contributed by atoms with van der Waals surface area (Å²) in [6.45, 7) is -1.28. The highest BCUT2D eigenvalue weighted by Crippen LogP contribution is 2.04. The lowest BCUT2D eigenvalue weighted by atomic mass is 10.1. The molecule has 0 saturated heterocycles. The molecular weight excluding hydrogens is 394 g/mol. The van der Waals surface area contributed by atoms with Gasteiger partial charge >= 0.3 is 5.97 Å². The number of nitrogens with one attached hydrogen (secondary N) is 3. The standard InChI is InChI=1S/C15H27N5O7S/c1-28-5-4-10(19-13(25)8(16)7-21)15(27)20-9(2-3-11(17)22)14(26)18-6-12(23)24/h8-10,21H,2-7,16H2,1H3,(H2,17,22)(H,18,26)(H,19,25)(H,20,27)(H,23,24). The molecule has 28 heavy (non-hydrogen) atoms. The van der Waals surface area contributed by atoms with Crippen molar-refractivity contribution >= 4 is 41.4 Å². The molecule has 3 atom stereocenters. The summed E-state index contributed by atoms with van der Waals surface area (Å²) in [6.07, 6.45) is 1.65. The predicted molar refractivity (Wildman–Crippen MR) is 101 cm³/mol. The zero-order chi connectivity index (χ0) is 21.7. The summed E-state index contributed by atoms with van der Waals surface area (Å²) in [5.74, 6) is -3.74. The average molecular weight is 421 g/mol. The molecule has 0 fully saturated rings. The number of carboxylic acids is 1. The van der Waals surface area contributed by atoms with E-state index in [1.165, 1.54) is 11.8 Å². The van der Waals surface area contributed by atoms with Gasteiger partial charge in [0, 0.05) is 6.42 Å². The van der Waals surface area contributed by atoms with E-state index in [0.29, 0.717) is 5.75 Å². The molecule has 160 valence electrons. The second kappa shape index (κ2) is 13.7. The fourth-order valence-corrected chi connectivity index (χ4v) is 2.45. The molecule has 0 bridgehead atoms. The molecule has 0 saturated carbocycles. The maximum Gasteiger partial charge on any atom is 0.322 e. The highest BCUT2D eigenvalue weighted by molar-refractivity contribution is 7.98. The summed E-state index contributed by atoms with van der Waals surface area (Å²) in [5, 5.41) is 24.5. The number of hydrogen-bond donors (Lipinski definition) is 7. The van der Waals surface area contributed by atoms with Crippen LogP contribution >= 0.6 is 11.8 Å². The van der Waals surface area contributed by atoms with Crippen molar-refractivity contribution in [2.75, 3.05) is 25.2 Å². The molecule has 0 aromatic carbocycles. The Morgan fingerprint density at radius 1 is 1.00 bits per heavy atom. The number of rotatable bonds is 14. The van der Waals surface area contributed by atoms with Crippen molar-refractivity contribution in [3.05, 3.63) is 0 Å². The number of carboxylic acid groups (broad SMARTS) is 1. The van der Waals surface area contributed by atoms with E-state index in [2.05, 4.69) is 16.0 Å². The lowest BCUT2D eigenvalue weighted by Gasteiger charge is -2.23. The Balaban J connectivity index is 5.18. The van der Waals surface area contributed by atoms with Crippen molar-refractivity contribution in [2.24, 2.45) is 11.5 Å². The Kier molecular flexibility index (Phi) is 12.6. The molecular formula is C15H27N5O7S. The van der Waals surface area contributed by atoms with Crippen LogP contribution in [0.1, 0.15) is 19.3 Å². The highest BCUT2D eigenvalue weighted by Gasteiger charge is 2.28. The Labute approximate surface area is 166 Å². The third kappa shape index (κ3) is 10.7. The summed E-state index contributed by atoms with van der Waals surface area (Å²) in [4.78, 5) is 58.1. The quantitative estimate of drug-likeness (QED) is 0.148. The highest BCUT2D eigenvalue weighted by atomic mass is 32.2. The van der Waals surface area contributed by atoms with Gasteiger partial charge in [-0.3, -0.25) is 24.0 Å². The van der Waals surface area contributed by atoms with E-state index in [1.54, 1.807) is 6.26 Å². The van der Waals surface area contributed by atoms with Gasteiger partial charge in [0.1, 0.15) is 24.7 Å². The molecule has 0 aliphatic heterocycles. The van der Waals surface area contributed by atoms with Crippen LogP contribution in [-0.4, -0.2) is 83.1 Å². The number of primary amides is 1. The minimum Gasteiger partial charge on any atom is -0.480 e. The molecule has 4 amide bonds. The number of thioether (sulfide) groups is 1. The molecule has 13 heteroatoms. The summed E-state index contributed by atoms with van der Waals surface area (Å²) < 4.78 is 0. The molecule has 0 spiro atoms. The number of hydrogen-bond acceptors (Lipinski definition) is 8. The van der Waals surface area contributed by atoms with Crippen LogP contribution in [0.25, 0.3) is 0 Å². The molecule has 0 aromatic rings. The number of aliphatic hydroxyl groups excluding tert-OH is 1. The molecule has 0 aliphatic rings. The van der Waals surface area contributed by atoms with Gasteiger partial charge in [0.2, 0.25) is 23.6 Å². The van der Waals surface area contributed by atoms with Crippen LogP contribution in [0.4, 0.5) is 0 Å². The molecule has 0 heterocycles. The van der Waals surface area contributed by atoms with E-state index in [4.69, 9.17) is 21.7 Å². The van der Waals surface area contributed by atoms with Gasteiger partial charge in [-0.15, -0.1) is 0 Å². The van der Waals surface area contributed by atoms with Gasteiger partial charge in [0.05, 0.1) is 6.61 Å². The van der Waals surface area contributed by atoms with Crippen LogP contribution in [0.2, 0.25) is 0 Å². The summed E-state index contributed by atoms with van der Waals surface area (Å²) >= 11 is 1.42. The maximum atomic E-state index is 12.5. The smallest absolute Gasteiger partial charge is 0.322 e. The minimum absolute atomic E-state index is 0.147. The Hall–Kier alpha value is -2.38. The number of nitrogens with two attached hydrogens (primary N) is 2. The molecule has 0 rings (SSSR count). The zero-order valence-electron chi connectivity index (χ0n) is 15.5. The Morgan fingerprint density at radius 2 is 1.57 bits per heavy atom. The number of carbonyl (C=O) groups excluding carboxylic acids is 4. The second-order valence-electron chi connectivity index (χ2n) is 5.81. The van der Waals surface area contributed by atoms with E-state index in [-0.39, 0.29) is 19.3 Å². The first kappa shape index (κ1) is 25.6. The Morgan fingerprint density at radius 3 is 2.07 bits per heavy atom. The van der Waals surface area contributed by atoms with Gasteiger partial charge in [-0.25, -0.2) is 0 Å². The number of carbonyl (C=O) groups is 5. The first-order valence-electron chi connectivity index (χ1n) is 8.36. The fraction of sp³-hybridized carbons (Fsp3) is 0.667. The predicted octanol–water partition coefficient (Wildman–Crippen LogP) is -3.50. The van der Waals surface area contributed by atoms with Crippen molar-refractivity contribution in [3.8, 4) is 0 Å². The first-order valence-corrected chi connectivity index (χ1v) is 9.75. The lowest BCUT2D eigenvalue weighted by molar-refractivity contribution is -0.138. The van der Waals surface area contributed by atoms with Crippen LogP contribution < -0.4 is 27.4 Å². The number of amides is 4. The van der Waals surface area contributed by atoms with E-state index in [1.807, 2.05) is 0 Å². The van der Waals surface area contributed by atoms with Crippen LogP contribution in [0.5, 0.6) is 0 Å². The van der Waals surface area contributed by atoms with Crippen LogP contribution in [0.3, 0.4) is 0 Å². The average Bonchev–Trinajstić information content (AvgIpc) is 2.64. The van der Waals surface area contributed by atoms with Gasteiger partial charge in [0.25, 0.3) is 0 Å². The van der Waals surface area contributed by atoms with E-state index in [0.717, 1.165) is 0 Å². The topological polar surface area (TPSA) is 214 Å². The fourth-order valence-electron chi connectivity index (χ4n) is 1.98. The summed E-state index contributed by atoms with van der Waals surface area (Å²) in [5.41, 5.74) is 10.5. The number of aliphatic hydroxyl groups is 1. The zero-order valence-corrected chi connectivity index (χ0v) is 16.3. The maximum absolute atomic E-state index is 12.5. The van der Waals surface area contributed by atoms with Gasteiger partial charge < -0.3 is 37.6 Å². The third-order valence-electron chi connectivity index (χ3n) is 3.50. The molecule has 9 N–H and O–H groups in total. The van der Waals surface area contributed by atoms with E-state index < -0.39 is 60.9 Å². The van der Waals surface area contributed by atoms with Crippen molar-refractivity contribution in [1.29, 1.82) is 0 Å². The monoisotopic (exact) mass is 421 g/mol. The molecule has 0 aliphatic carbocycles. The SMILES string of the molecule is CSCCC(NC(=O)C(N)CO)C(=O)NC(CCC(N)=O)C(=O)NCC(=O)O. The second-order valence-corrected chi connectivity index (χ2v) is 6.80. The van der Waals surface area contributed by atoms with Gasteiger partial charge in [-0.05, 0) is 24.9 Å². The largest absolute Gasteiger partial charge is 0.480 e. The first-order chi connectivity index (χ1) is 13.1. The summed E-state index contributed by atoms with van der Waals surface area (Å²) in [7, 11) is 0. The normalized spacial score (nSPS) is 13.7. The minimum atomic E-state index is -1.28. The van der Waals surface area contributed by atoms with Gasteiger partial charge in [-0.1, -0.05) is 0 Å². The lowest BCUT2D eigenvalue weighted by Crippen LogP contribution is -2.56. The van der Waals surface area contributed by atoms with Crippen LogP contribution in [0, 0.1) is 0 Å². The van der Waals surface area contributed by atoms with Crippen molar-refractivity contribution < 1.29 is 34.2 Å². The van der Waals surface area contributed by atoms with E-state index in [9.17, 15) is 24.0 Å². The van der Waals surface area contributed by atoms with Gasteiger partial charge in [-0.2, -0.15) is 11.8 Å². The molecule has 3 unspecified atom stereocenters. The van der Waals surface area contributed by atoms with Crippen molar-refractivity contribution in [2.45, 2.75) is 37.4 Å². The summed E-state index contributed by atoms with van der Waals surface area (Å²) in [6, 6.07) is -3.48. The van der Waals surface area contributed by atoms with Crippen LogP contribution in [-0.2, 0) is 24.0 Å². The van der Waals surface area contributed by atoms with Gasteiger partial charge in [0.15, 0.2) is 0 Å². The molecule has 0 radical (unpaired) electrons. The van der Waals surface area contributed by atoms with Crippen LogP contribution in [0.15, 0.2) is 0 Å². The van der Waals surface area contributed by atoms with Crippen molar-refractivity contribution in [1.82, 2.24) is 16.0 Å². The van der Waals surface area contributed by atoms with E-state index >= 15 is 0 Å². The third-order valence-corrected chi connectivity index (χ3v) is 4.15.